The number of aliphatic hydroxyl groups excluding tert-OH is 1. The summed E-state index contributed by atoms with van der Waals surface area (Å²) in [6.45, 7) is 8.68. The molecule has 1 heterocycles. The van der Waals surface area contributed by atoms with Gasteiger partial charge in [0.2, 0.25) is 0 Å². The molecule has 0 saturated heterocycles. The SMILES string of the molecule is Cc1cc(C(=O)N(C)C2CCC(CO)CC2)c(C)n1C(C)C. The summed E-state index contributed by atoms with van der Waals surface area (Å²) in [4.78, 5) is 14.8. The van der Waals surface area contributed by atoms with Crippen molar-refractivity contribution in [3.8, 4) is 0 Å². The molecule has 124 valence electrons. The molecule has 4 heteroatoms. The lowest BCUT2D eigenvalue weighted by Gasteiger charge is -2.34. The van der Waals surface area contributed by atoms with Gasteiger partial charge in [0, 0.05) is 37.1 Å². The summed E-state index contributed by atoms with van der Waals surface area (Å²) >= 11 is 0. The van der Waals surface area contributed by atoms with E-state index in [9.17, 15) is 9.90 Å². The van der Waals surface area contributed by atoms with Crippen LogP contribution < -0.4 is 0 Å². The first-order chi connectivity index (χ1) is 10.4. The number of carbonyl (C=O) groups is 1. The Labute approximate surface area is 134 Å². The van der Waals surface area contributed by atoms with E-state index in [0.717, 1.165) is 42.6 Å². The van der Waals surface area contributed by atoms with Gasteiger partial charge in [0.15, 0.2) is 0 Å². The largest absolute Gasteiger partial charge is 0.396 e. The summed E-state index contributed by atoms with van der Waals surface area (Å²) < 4.78 is 2.23. The number of aromatic nitrogens is 1. The summed E-state index contributed by atoms with van der Waals surface area (Å²) in [5.74, 6) is 0.554. The van der Waals surface area contributed by atoms with Crippen LogP contribution in [0.15, 0.2) is 6.07 Å². The Bertz CT molecular complexity index is 525. The maximum atomic E-state index is 12.9. The molecule has 1 aliphatic carbocycles. The Morgan fingerprint density at radius 2 is 1.91 bits per heavy atom. The van der Waals surface area contributed by atoms with Crippen molar-refractivity contribution >= 4 is 5.91 Å². The molecule has 1 aromatic heterocycles. The zero-order valence-corrected chi connectivity index (χ0v) is 14.6. The average Bonchev–Trinajstić information content (AvgIpc) is 2.80. The van der Waals surface area contributed by atoms with Crippen LogP contribution in [0.25, 0.3) is 0 Å². The van der Waals surface area contributed by atoms with Crippen molar-refractivity contribution in [1.82, 2.24) is 9.47 Å². The Kier molecular flexibility index (Phi) is 5.32. The normalized spacial score (nSPS) is 22.1. The van der Waals surface area contributed by atoms with Crippen LogP contribution in [0.1, 0.15) is 67.3 Å². The first-order valence-electron chi connectivity index (χ1n) is 8.43. The molecule has 0 bridgehead atoms. The summed E-state index contributed by atoms with van der Waals surface area (Å²) in [5, 5.41) is 9.24. The van der Waals surface area contributed by atoms with Crippen LogP contribution in [-0.2, 0) is 0 Å². The van der Waals surface area contributed by atoms with E-state index in [0.29, 0.717) is 18.0 Å². The molecule has 1 fully saturated rings. The van der Waals surface area contributed by atoms with E-state index in [-0.39, 0.29) is 12.5 Å². The van der Waals surface area contributed by atoms with Crippen molar-refractivity contribution in [2.45, 2.75) is 65.5 Å². The van der Waals surface area contributed by atoms with Crippen LogP contribution in [0.4, 0.5) is 0 Å². The van der Waals surface area contributed by atoms with Gasteiger partial charge < -0.3 is 14.6 Å². The smallest absolute Gasteiger partial charge is 0.255 e. The van der Waals surface area contributed by atoms with Crippen LogP contribution in [0.3, 0.4) is 0 Å². The zero-order chi connectivity index (χ0) is 16.4. The van der Waals surface area contributed by atoms with E-state index in [1.165, 1.54) is 0 Å². The van der Waals surface area contributed by atoms with Crippen LogP contribution in [0.2, 0.25) is 0 Å². The molecule has 0 aliphatic heterocycles. The second kappa shape index (κ2) is 6.86. The topological polar surface area (TPSA) is 45.5 Å². The lowest BCUT2D eigenvalue weighted by molar-refractivity contribution is 0.0652. The van der Waals surface area contributed by atoms with Gasteiger partial charge in [-0.1, -0.05) is 0 Å². The summed E-state index contributed by atoms with van der Waals surface area (Å²) in [6.07, 6.45) is 4.03. The van der Waals surface area contributed by atoms with Gasteiger partial charge in [-0.15, -0.1) is 0 Å². The van der Waals surface area contributed by atoms with Crippen molar-refractivity contribution < 1.29 is 9.90 Å². The molecule has 0 atom stereocenters. The fourth-order valence-electron chi connectivity index (χ4n) is 3.86. The van der Waals surface area contributed by atoms with E-state index < -0.39 is 0 Å². The number of aliphatic hydroxyl groups is 1. The number of carbonyl (C=O) groups excluding carboxylic acids is 1. The molecule has 0 unspecified atom stereocenters. The number of aryl methyl sites for hydroxylation is 1. The van der Waals surface area contributed by atoms with Gasteiger partial charge in [-0.2, -0.15) is 0 Å². The fourth-order valence-corrected chi connectivity index (χ4v) is 3.86. The molecule has 1 saturated carbocycles. The Morgan fingerprint density at radius 1 is 1.32 bits per heavy atom. The minimum atomic E-state index is 0.132. The predicted molar refractivity (Wildman–Crippen MR) is 89.2 cm³/mol. The third-order valence-electron chi connectivity index (χ3n) is 5.17. The summed E-state index contributed by atoms with van der Waals surface area (Å²) in [6, 6.07) is 2.69. The average molecular weight is 306 g/mol. The van der Waals surface area contributed by atoms with Crippen molar-refractivity contribution in [3.63, 3.8) is 0 Å². The van der Waals surface area contributed by atoms with Gasteiger partial charge in [-0.05, 0) is 65.4 Å². The van der Waals surface area contributed by atoms with Crippen LogP contribution >= 0.6 is 0 Å². The lowest BCUT2D eigenvalue weighted by Crippen LogP contribution is -2.40. The molecular formula is C18H30N2O2. The molecular weight excluding hydrogens is 276 g/mol. The molecule has 0 spiro atoms. The Hall–Kier alpha value is -1.29. The van der Waals surface area contributed by atoms with E-state index in [4.69, 9.17) is 0 Å². The summed E-state index contributed by atoms with van der Waals surface area (Å²) in [5.41, 5.74) is 3.04. The molecule has 2 rings (SSSR count). The van der Waals surface area contributed by atoms with Crippen LogP contribution in [0, 0.1) is 19.8 Å². The highest BCUT2D eigenvalue weighted by molar-refractivity contribution is 5.95. The highest BCUT2D eigenvalue weighted by Crippen LogP contribution is 2.28. The van der Waals surface area contributed by atoms with Gasteiger partial charge in [0.25, 0.3) is 5.91 Å². The van der Waals surface area contributed by atoms with Gasteiger partial charge in [0.05, 0.1) is 5.56 Å². The highest BCUT2D eigenvalue weighted by Gasteiger charge is 2.28. The number of hydrogen-bond donors (Lipinski definition) is 1. The Morgan fingerprint density at radius 3 is 2.36 bits per heavy atom. The number of amides is 1. The van der Waals surface area contributed by atoms with Crippen molar-refractivity contribution in [1.29, 1.82) is 0 Å². The fraction of sp³-hybridized carbons (Fsp3) is 0.722. The van der Waals surface area contributed by atoms with Crippen LogP contribution in [0.5, 0.6) is 0 Å². The highest BCUT2D eigenvalue weighted by atomic mass is 16.3. The summed E-state index contributed by atoms with van der Waals surface area (Å²) in [7, 11) is 1.92. The number of hydrogen-bond acceptors (Lipinski definition) is 2. The standard InChI is InChI=1S/C18H30N2O2/c1-12(2)20-13(3)10-17(14(20)4)18(22)19(5)16-8-6-15(11-21)7-9-16/h10,12,15-16,21H,6-9,11H2,1-5H3. The van der Waals surface area contributed by atoms with E-state index in [1.807, 2.05) is 24.9 Å². The number of nitrogens with zero attached hydrogens (tertiary/aromatic N) is 2. The molecule has 1 amide bonds. The predicted octanol–water partition coefficient (Wildman–Crippen LogP) is 3.31. The quantitative estimate of drug-likeness (QED) is 0.927. The third kappa shape index (κ3) is 3.22. The molecule has 4 nitrogen and oxygen atoms in total. The molecule has 1 aliphatic rings. The molecule has 22 heavy (non-hydrogen) atoms. The first-order valence-corrected chi connectivity index (χ1v) is 8.43. The van der Waals surface area contributed by atoms with Gasteiger partial charge in [0.1, 0.15) is 0 Å². The van der Waals surface area contributed by atoms with Crippen molar-refractivity contribution in [2.75, 3.05) is 13.7 Å². The molecule has 0 aromatic carbocycles. The first kappa shape index (κ1) is 17.1. The van der Waals surface area contributed by atoms with Crippen LogP contribution in [-0.4, -0.2) is 40.2 Å². The maximum Gasteiger partial charge on any atom is 0.255 e. The van der Waals surface area contributed by atoms with Gasteiger partial charge in [-0.3, -0.25) is 4.79 Å². The Balaban J connectivity index is 2.13. The minimum absolute atomic E-state index is 0.132. The van der Waals surface area contributed by atoms with Crippen molar-refractivity contribution in [2.24, 2.45) is 5.92 Å². The molecule has 1 aromatic rings. The second-order valence-electron chi connectivity index (χ2n) is 7.02. The van der Waals surface area contributed by atoms with E-state index in [1.54, 1.807) is 0 Å². The second-order valence-corrected chi connectivity index (χ2v) is 7.02. The lowest BCUT2D eigenvalue weighted by atomic mass is 9.86. The molecule has 1 N–H and O–H groups in total. The molecule has 0 radical (unpaired) electrons. The van der Waals surface area contributed by atoms with Gasteiger partial charge in [-0.25, -0.2) is 0 Å². The van der Waals surface area contributed by atoms with E-state index >= 15 is 0 Å². The zero-order valence-electron chi connectivity index (χ0n) is 14.6. The minimum Gasteiger partial charge on any atom is -0.396 e. The monoisotopic (exact) mass is 306 g/mol. The maximum absolute atomic E-state index is 12.9. The number of rotatable bonds is 4. The van der Waals surface area contributed by atoms with Crippen molar-refractivity contribution in [3.05, 3.63) is 23.0 Å². The van der Waals surface area contributed by atoms with E-state index in [2.05, 4.69) is 25.3 Å². The third-order valence-corrected chi connectivity index (χ3v) is 5.17. The van der Waals surface area contributed by atoms with Gasteiger partial charge >= 0.3 is 0 Å².